The largest absolute Gasteiger partial charge is 0.497 e. The normalized spacial score (nSPS) is 11.0. The number of hydrogen-bond donors (Lipinski definition) is 1. The van der Waals surface area contributed by atoms with E-state index in [2.05, 4.69) is 20.7 Å². The number of hydrazone groups is 1. The maximum absolute atomic E-state index is 12.6. The number of ether oxygens (including phenoxy) is 2. The Hall–Kier alpha value is -4.89. The zero-order valence-electron chi connectivity index (χ0n) is 22.7. The average Bonchev–Trinajstić information content (AvgIpc) is 3.44. The number of carbonyl (C=O) groups excluding carboxylic acids is 1. The van der Waals surface area contributed by atoms with Crippen molar-refractivity contribution in [1.29, 1.82) is 0 Å². The molecule has 0 bridgehead atoms. The number of nitrogens with zero attached hydrogens (tertiary/aromatic N) is 4. The molecule has 0 saturated carbocycles. The van der Waals surface area contributed by atoms with Gasteiger partial charge in [-0.1, -0.05) is 59.8 Å². The van der Waals surface area contributed by atoms with Crippen molar-refractivity contribution < 1.29 is 14.3 Å². The summed E-state index contributed by atoms with van der Waals surface area (Å²) in [6.07, 6.45) is 1.60. The lowest BCUT2D eigenvalue weighted by Gasteiger charge is -2.11. The maximum atomic E-state index is 12.6. The highest BCUT2D eigenvalue weighted by molar-refractivity contribution is 7.99. The Kier molecular flexibility index (Phi) is 9.08. The lowest BCUT2D eigenvalue weighted by Crippen LogP contribution is -2.20. The van der Waals surface area contributed by atoms with E-state index in [4.69, 9.17) is 9.47 Å². The molecule has 9 heteroatoms. The number of aromatic nitrogens is 3. The van der Waals surface area contributed by atoms with Crippen LogP contribution in [-0.2, 0) is 11.4 Å². The summed E-state index contributed by atoms with van der Waals surface area (Å²) in [7, 11) is 1.63. The number of hydrogen-bond acceptors (Lipinski definition) is 7. The molecule has 0 spiro atoms. The Bertz CT molecular complexity index is 1600. The SMILES string of the molecule is COc1ccc(-c2nnc(SCC(=O)N/N=C\c3ccc(OCc4ccccc4)cc3)n2-c2ccc(C)cc2)cc1. The van der Waals surface area contributed by atoms with E-state index in [0.29, 0.717) is 17.6 Å². The molecule has 0 fully saturated rings. The monoisotopic (exact) mass is 563 g/mol. The number of carbonyl (C=O) groups is 1. The second kappa shape index (κ2) is 13.5. The summed E-state index contributed by atoms with van der Waals surface area (Å²) in [6.45, 7) is 2.54. The van der Waals surface area contributed by atoms with Crippen LogP contribution in [0.3, 0.4) is 0 Å². The molecule has 0 aliphatic heterocycles. The molecular weight excluding hydrogens is 534 g/mol. The molecule has 0 aliphatic carbocycles. The molecule has 1 heterocycles. The molecule has 1 amide bonds. The van der Waals surface area contributed by atoms with E-state index in [1.807, 2.05) is 115 Å². The third-order valence-electron chi connectivity index (χ3n) is 6.14. The zero-order chi connectivity index (χ0) is 28.4. The Balaban J connectivity index is 1.20. The molecule has 4 aromatic carbocycles. The molecule has 1 N–H and O–H groups in total. The maximum Gasteiger partial charge on any atom is 0.250 e. The molecule has 41 heavy (non-hydrogen) atoms. The molecule has 0 atom stereocenters. The summed E-state index contributed by atoms with van der Waals surface area (Å²) < 4.78 is 13.0. The summed E-state index contributed by atoms with van der Waals surface area (Å²) in [6, 6.07) is 33.2. The second-order valence-electron chi connectivity index (χ2n) is 9.13. The number of methoxy groups -OCH3 is 1. The predicted molar refractivity (Wildman–Crippen MR) is 162 cm³/mol. The van der Waals surface area contributed by atoms with Crippen LogP contribution >= 0.6 is 11.8 Å². The van der Waals surface area contributed by atoms with Crippen LogP contribution in [0.15, 0.2) is 113 Å². The summed E-state index contributed by atoms with van der Waals surface area (Å²) in [4.78, 5) is 12.6. The molecule has 5 rings (SSSR count). The minimum absolute atomic E-state index is 0.121. The number of benzene rings is 4. The van der Waals surface area contributed by atoms with E-state index in [9.17, 15) is 4.79 Å². The van der Waals surface area contributed by atoms with Gasteiger partial charge in [0.2, 0.25) is 0 Å². The van der Waals surface area contributed by atoms with Crippen LogP contribution in [0, 0.1) is 6.92 Å². The summed E-state index contributed by atoms with van der Waals surface area (Å²) in [5.41, 5.74) is 7.47. The van der Waals surface area contributed by atoms with Crippen LogP contribution < -0.4 is 14.9 Å². The van der Waals surface area contributed by atoms with Gasteiger partial charge in [-0.3, -0.25) is 9.36 Å². The van der Waals surface area contributed by atoms with Crippen molar-refractivity contribution in [2.75, 3.05) is 12.9 Å². The fourth-order valence-electron chi connectivity index (χ4n) is 3.95. The van der Waals surface area contributed by atoms with Crippen molar-refractivity contribution in [2.24, 2.45) is 5.10 Å². The van der Waals surface area contributed by atoms with Crippen LogP contribution in [-0.4, -0.2) is 39.7 Å². The summed E-state index contributed by atoms with van der Waals surface area (Å²) >= 11 is 1.29. The van der Waals surface area contributed by atoms with Crippen molar-refractivity contribution in [3.63, 3.8) is 0 Å². The highest BCUT2D eigenvalue weighted by atomic mass is 32.2. The first-order valence-electron chi connectivity index (χ1n) is 13.0. The second-order valence-corrected chi connectivity index (χ2v) is 10.1. The molecule has 0 aliphatic rings. The highest BCUT2D eigenvalue weighted by Crippen LogP contribution is 2.29. The van der Waals surface area contributed by atoms with E-state index in [1.54, 1.807) is 13.3 Å². The van der Waals surface area contributed by atoms with Gasteiger partial charge in [0.1, 0.15) is 18.1 Å². The van der Waals surface area contributed by atoms with E-state index in [0.717, 1.165) is 39.4 Å². The first-order chi connectivity index (χ1) is 20.1. The Morgan fingerprint density at radius 3 is 2.32 bits per heavy atom. The van der Waals surface area contributed by atoms with Gasteiger partial charge in [0.25, 0.3) is 5.91 Å². The van der Waals surface area contributed by atoms with Gasteiger partial charge in [-0.2, -0.15) is 5.10 Å². The number of nitrogens with one attached hydrogen (secondary N) is 1. The van der Waals surface area contributed by atoms with Gasteiger partial charge in [0.05, 0.1) is 19.1 Å². The van der Waals surface area contributed by atoms with E-state index in [-0.39, 0.29) is 11.7 Å². The third kappa shape index (κ3) is 7.40. The van der Waals surface area contributed by atoms with E-state index < -0.39 is 0 Å². The number of thioether (sulfide) groups is 1. The van der Waals surface area contributed by atoms with E-state index >= 15 is 0 Å². The molecule has 0 saturated heterocycles. The Morgan fingerprint density at radius 2 is 1.61 bits per heavy atom. The smallest absolute Gasteiger partial charge is 0.250 e. The lowest BCUT2D eigenvalue weighted by molar-refractivity contribution is -0.118. The minimum atomic E-state index is -0.251. The number of amides is 1. The van der Waals surface area contributed by atoms with Gasteiger partial charge in [-0.05, 0) is 78.7 Å². The number of aryl methyl sites for hydroxylation is 1. The topological polar surface area (TPSA) is 90.6 Å². The fraction of sp³-hybridized carbons (Fsp3) is 0.125. The highest BCUT2D eigenvalue weighted by Gasteiger charge is 2.17. The lowest BCUT2D eigenvalue weighted by atomic mass is 10.2. The molecule has 0 unspecified atom stereocenters. The number of rotatable bonds is 11. The molecule has 206 valence electrons. The molecule has 8 nitrogen and oxygen atoms in total. The van der Waals surface area contributed by atoms with Crippen molar-refractivity contribution in [2.45, 2.75) is 18.7 Å². The van der Waals surface area contributed by atoms with Crippen molar-refractivity contribution in [3.05, 3.63) is 120 Å². The van der Waals surface area contributed by atoms with Crippen LogP contribution in [0.25, 0.3) is 17.1 Å². The van der Waals surface area contributed by atoms with Crippen LogP contribution in [0.1, 0.15) is 16.7 Å². The Morgan fingerprint density at radius 1 is 0.902 bits per heavy atom. The Labute approximate surface area is 243 Å². The fourth-order valence-corrected chi connectivity index (χ4v) is 4.69. The zero-order valence-corrected chi connectivity index (χ0v) is 23.5. The standard InChI is InChI=1S/C32H29N5O3S/c1-23-8-14-27(15-9-23)37-31(26-12-18-28(39-2)19-13-26)35-36-32(37)41-22-30(38)34-33-20-24-10-16-29(17-11-24)40-21-25-6-4-3-5-7-25/h3-20H,21-22H2,1-2H3,(H,34,38)/b33-20-. The van der Waals surface area contributed by atoms with Gasteiger partial charge in [-0.25, -0.2) is 5.43 Å². The van der Waals surface area contributed by atoms with Crippen LogP contribution in [0.4, 0.5) is 0 Å². The summed E-state index contributed by atoms with van der Waals surface area (Å²) in [5, 5.41) is 13.5. The van der Waals surface area contributed by atoms with Crippen molar-refractivity contribution in [3.8, 4) is 28.6 Å². The van der Waals surface area contributed by atoms with Gasteiger partial charge in [0.15, 0.2) is 11.0 Å². The molecule has 1 aromatic heterocycles. The van der Waals surface area contributed by atoms with Crippen molar-refractivity contribution >= 4 is 23.9 Å². The van der Waals surface area contributed by atoms with Gasteiger partial charge >= 0.3 is 0 Å². The molecule has 5 aromatic rings. The molecular formula is C32H29N5O3S. The summed E-state index contributed by atoms with van der Waals surface area (Å²) in [5.74, 6) is 2.07. The first kappa shape index (κ1) is 27.7. The van der Waals surface area contributed by atoms with Gasteiger partial charge in [0, 0.05) is 11.3 Å². The van der Waals surface area contributed by atoms with Crippen LogP contribution in [0.5, 0.6) is 11.5 Å². The third-order valence-corrected chi connectivity index (χ3v) is 7.07. The van der Waals surface area contributed by atoms with Crippen molar-refractivity contribution in [1.82, 2.24) is 20.2 Å². The minimum Gasteiger partial charge on any atom is -0.497 e. The van der Waals surface area contributed by atoms with Gasteiger partial charge in [-0.15, -0.1) is 10.2 Å². The van der Waals surface area contributed by atoms with Gasteiger partial charge < -0.3 is 9.47 Å². The van der Waals surface area contributed by atoms with Crippen LogP contribution in [0.2, 0.25) is 0 Å². The first-order valence-corrected chi connectivity index (χ1v) is 14.0. The quantitative estimate of drug-likeness (QED) is 0.119. The predicted octanol–water partition coefficient (Wildman–Crippen LogP) is 6.07. The average molecular weight is 564 g/mol. The molecule has 0 radical (unpaired) electrons. The van der Waals surface area contributed by atoms with E-state index in [1.165, 1.54) is 11.8 Å².